The molecule has 642 valence electrons. The maximum atomic E-state index is 5.09. The van der Waals surface area contributed by atoms with Crippen molar-refractivity contribution in [2.24, 2.45) is 0 Å². The lowest BCUT2D eigenvalue weighted by Crippen LogP contribution is -2.16. The summed E-state index contributed by atoms with van der Waals surface area (Å²) in [6.07, 6.45) is 12.5. The fraction of sp³-hybridized carbons (Fsp3) is 0.0242. The predicted octanol–water partition coefficient (Wildman–Crippen LogP) is 30.5. The summed E-state index contributed by atoms with van der Waals surface area (Å²) in [7, 11) is 0. The van der Waals surface area contributed by atoms with E-state index in [0.717, 1.165) is 151 Å². The first-order valence-corrected chi connectivity index (χ1v) is 45.5. The molecule has 1 aliphatic carbocycles. The molecule has 12 nitrogen and oxygen atoms in total. The molecule has 8 aromatic heterocycles. The Kier molecular flexibility index (Phi) is 22.9. The second-order valence-electron chi connectivity index (χ2n) is 34.1. The first-order chi connectivity index (χ1) is 67.1. The molecule has 0 aliphatic heterocycles. The number of fused-ring (bicyclic) bond motifs is 5. The standard InChI is InChI=1S/C46H31N5.C42H31N3.C36H24N4/c1-3-11-32(12-4-1)33-20-24-35(25-21-33)42-30-43(49-45(48-42)39-15-10-28-47-31-39)38-14-9-13-37(29-38)34-22-26-36(27-23-34)46-50-41-18-7-8-19-44(41)51(46)40-16-5-2-6-17-40;1-42(2)37-17-7-6-14-35(37)36-16-9-15-34(40(36)42)32-12-8-13-33(26-32)39-27-38(44-41(45-39)31-22-24-43-25-23-31)30-20-18-29(19-21-30)28-10-4-3-5-11-28;1-2-7-25(8-3-1)26-14-16-27(17-15-26)33-24-34(40-36(39-33)29-18-21-37-22-19-29)31-11-4-10-30(23-31)32-13-5-9-28-12-6-20-38-35(28)32/h1-31H;3-27H,1-2H3;1-24H. The van der Waals surface area contributed by atoms with Gasteiger partial charge in [-0.25, -0.2) is 34.9 Å². The van der Waals surface area contributed by atoms with Crippen LogP contribution in [0.25, 0.3) is 219 Å². The molecule has 0 atom stereocenters. The maximum Gasteiger partial charge on any atom is 0.161 e. The molecule has 1 aliphatic rings. The normalized spacial score (nSPS) is 11.7. The summed E-state index contributed by atoms with van der Waals surface area (Å²) in [6, 6.07) is 154. The van der Waals surface area contributed by atoms with Gasteiger partial charge in [-0.1, -0.05) is 354 Å². The Hall–Kier alpha value is -18.1. The maximum absolute atomic E-state index is 5.09. The number of imidazole rings is 1. The number of rotatable bonds is 17. The zero-order chi connectivity index (χ0) is 91.1. The smallest absolute Gasteiger partial charge is 0.161 e. The molecule has 0 unspecified atom stereocenters. The minimum Gasteiger partial charge on any atom is -0.292 e. The van der Waals surface area contributed by atoms with E-state index in [4.69, 9.17) is 34.9 Å². The van der Waals surface area contributed by atoms with Crippen LogP contribution in [0.3, 0.4) is 0 Å². The first-order valence-electron chi connectivity index (χ1n) is 45.5. The molecule has 8 heterocycles. The Balaban J connectivity index is 0.000000119. The summed E-state index contributed by atoms with van der Waals surface area (Å²) in [4.78, 5) is 52.6. The summed E-state index contributed by atoms with van der Waals surface area (Å²) in [5, 5.41) is 1.12. The molecule has 12 heteroatoms. The molecular weight excluding hydrogens is 1660 g/mol. The number of aromatic nitrogens is 12. The monoisotopic (exact) mass is 1740 g/mol. The van der Waals surface area contributed by atoms with Crippen LogP contribution in [0, 0.1) is 0 Å². The quantitative estimate of drug-likeness (QED) is 0.0858. The van der Waals surface area contributed by atoms with Crippen molar-refractivity contribution in [3.05, 3.63) is 497 Å². The van der Waals surface area contributed by atoms with Crippen LogP contribution in [0.5, 0.6) is 0 Å². The van der Waals surface area contributed by atoms with E-state index in [1.54, 1.807) is 31.0 Å². The molecule has 0 fully saturated rings. The highest BCUT2D eigenvalue weighted by Crippen LogP contribution is 2.53. The Morgan fingerprint density at radius 3 is 1.08 bits per heavy atom. The van der Waals surface area contributed by atoms with Gasteiger partial charge in [-0.15, -0.1) is 0 Å². The molecule has 15 aromatic carbocycles. The number of hydrogen-bond acceptors (Lipinski definition) is 11. The van der Waals surface area contributed by atoms with Crippen LogP contribution < -0.4 is 0 Å². The fourth-order valence-corrected chi connectivity index (χ4v) is 18.4. The van der Waals surface area contributed by atoms with Gasteiger partial charge >= 0.3 is 0 Å². The first kappa shape index (κ1) is 83.5. The van der Waals surface area contributed by atoms with Crippen molar-refractivity contribution in [1.82, 2.24) is 59.4 Å². The Morgan fingerprint density at radius 2 is 0.566 bits per heavy atom. The van der Waals surface area contributed by atoms with E-state index in [0.29, 0.717) is 17.5 Å². The summed E-state index contributed by atoms with van der Waals surface area (Å²) in [5.74, 6) is 2.90. The molecule has 0 amide bonds. The van der Waals surface area contributed by atoms with Gasteiger partial charge in [0.1, 0.15) is 5.82 Å². The molecule has 23 aromatic rings. The lowest BCUT2D eigenvalue weighted by molar-refractivity contribution is 0.662. The molecule has 0 saturated heterocycles. The van der Waals surface area contributed by atoms with Gasteiger partial charge in [0.15, 0.2) is 17.5 Å². The molecule has 0 radical (unpaired) electrons. The van der Waals surface area contributed by atoms with Crippen molar-refractivity contribution >= 4 is 21.9 Å². The Labute approximate surface area is 789 Å². The molecule has 0 bridgehead atoms. The summed E-state index contributed by atoms with van der Waals surface area (Å²) >= 11 is 0. The van der Waals surface area contributed by atoms with Crippen LogP contribution in [0.4, 0.5) is 0 Å². The SMILES string of the molecule is CC1(C)c2ccccc2-c2cccc(-c3cccc(-c4cc(-c5ccc(-c6ccccc6)cc5)nc(-c5ccncc5)n4)c3)c21.c1ccc(-c2ccc(-c3cc(-c4cccc(-c5ccc(-c6nc7ccccc7n6-c6ccccc6)cc5)c4)nc(-c4cccnc4)n3)cc2)cc1.c1ccc(-c2ccc(-c3cc(-c4cccc(-c5cccc6cccnc56)c4)nc(-c4ccncc4)n3)cc2)cc1. The van der Waals surface area contributed by atoms with Crippen LogP contribution in [0.15, 0.2) is 486 Å². The van der Waals surface area contributed by atoms with E-state index < -0.39 is 0 Å². The number of hydrogen-bond donors (Lipinski definition) is 0. The molecule has 0 spiro atoms. The van der Waals surface area contributed by atoms with Crippen molar-refractivity contribution in [2.75, 3.05) is 0 Å². The van der Waals surface area contributed by atoms with Gasteiger partial charge in [0, 0.05) is 121 Å². The van der Waals surface area contributed by atoms with E-state index in [-0.39, 0.29) is 5.41 Å². The van der Waals surface area contributed by atoms with Crippen molar-refractivity contribution in [3.8, 4) is 197 Å². The van der Waals surface area contributed by atoms with Gasteiger partial charge in [0.05, 0.1) is 50.7 Å². The van der Waals surface area contributed by atoms with Crippen molar-refractivity contribution in [3.63, 3.8) is 0 Å². The van der Waals surface area contributed by atoms with Crippen LogP contribution >= 0.6 is 0 Å². The van der Waals surface area contributed by atoms with Crippen molar-refractivity contribution < 1.29 is 0 Å². The Morgan fingerprint density at radius 1 is 0.213 bits per heavy atom. The van der Waals surface area contributed by atoms with Crippen LogP contribution in [0.1, 0.15) is 25.0 Å². The molecule has 0 N–H and O–H groups in total. The lowest BCUT2D eigenvalue weighted by Gasteiger charge is -2.24. The number of nitrogens with zero attached hydrogens (tertiary/aromatic N) is 12. The molecular formula is C124H86N12. The molecule has 0 saturated carbocycles. The van der Waals surface area contributed by atoms with E-state index in [1.165, 1.54) is 61.2 Å². The van der Waals surface area contributed by atoms with Gasteiger partial charge in [-0.2, -0.15) is 0 Å². The topological polar surface area (TPSA) is 147 Å². The second-order valence-corrected chi connectivity index (χ2v) is 34.1. The predicted molar refractivity (Wildman–Crippen MR) is 554 cm³/mol. The summed E-state index contributed by atoms with van der Waals surface area (Å²) < 4.78 is 2.23. The van der Waals surface area contributed by atoms with Gasteiger partial charge in [-0.3, -0.25) is 24.5 Å². The minimum atomic E-state index is -0.0962. The average Bonchev–Trinajstić information content (AvgIpc) is 1.57. The van der Waals surface area contributed by atoms with Gasteiger partial charge in [0.25, 0.3) is 0 Å². The zero-order valence-electron chi connectivity index (χ0n) is 74.6. The lowest BCUT2D eigenvalue weighted by atomic mass is 9.78. The third-order valence-electron chi connectivity index (χ3n) is 25.2. The number of pyridine rings is 4. The number of para-hydroxylation sites is 4. The van der Waals surface area contributed by atoms with Crippen LogP contribution in [-0.4, -0.2) is 59.4 Å². The van der Waals surface area contributed by atoms with E-state index in [1.807, 2.05) is 85.2 Å². The minimum absolute atomic E-state index is 0.0962. The fourth-order valence-electron chi connectivity index (χ4n) is 18.4. The van der Waals surface area contributed by atoms with Crippen LogP contribution in [0.2, 0.25) is 0 Å². The van der Waals surface area contributed by atoms with E-state index >= 15 is 0 Å². The van der Waals surface area contributed by atoms with Crippen molar-refractivity contribution in [2.45, 2.75) is 19.3 Å². The zero-order valence-corrected chi connectivity index (χ0v) is 74.6. The number of benzene rings is 15. The van der Waals surface area contributed by atoms with Crippen LogP contribution in [-0.2, 0) is 5.41 Å². The third-order valence-corrected chi connectivity index (χ3v) is 25.2. The molecule has 136 heavy (non-hydrogen) atoms. The summed E-state index contributed by atoms with van der Waals surface area (Å²) in [6.45, 7) is 4.68. The van der Waals surface area contributed by atoms with E-state index in [2.05, 4.69) is 408 Å². The van der Waals surface area contributed by atoms with Crippen molar-refractivity contribution in [1.29, 1.82) is 0 Å². The molecule has 24 rings (SSSR count). The average molecular weight is 1740 g/mol. The highest BCUT2D eigenvalue weighted by Gasteiger charge is 2.37. The second kappa shape index (κ2) is 37.4. The summed E-state index contributed by atoms with van der Waals surface area (Å²) in [5.41, 5.74) is 38.5. The van der Waals surface area contributed by atoms with Gasteiger partial charge in [-0.05, 0) is 187 Å². The van der Waals surface area contributed by atoms with Gasteiger partial charge in [0.2, 0.25) is 0 Å². The van der Waals surface area contributed by atoms with E-state index in [9.17, 15) is 0 Å². The highest BCUT2D eigenvalue weighted by atomic mass is 15.1. The highest BCUT2D eigenvalue weighted by molar-refractivity contribution is 5.95. The van der Waals surface area contributed by atoms with Gasteiger partial charge < -0.3 is 0 Å². The Bertz CT molecular complexity index is 8230. The third kappa shape index (κ3) is 17.3. The largest absolute Gasteiger partial charge is 0.292 e.